The number of hydrogen-bond acceptors (Lipinski definition) is 2. The van der Waals surface area contributed by atoms with E-state index in [4.69, 9.17) is 9.84 Å². The summed E-state index contributed by atoms with van der Waals surface area (Å²) >= 11 is 0. The molecule has 0 saturated heterocycles. The van der Waals surface area contributed by atoms with E-state index < -0.39 is 5.97 Å². The first-order chi connectivity index (χ1) is 8.25. The fourth-order valence-electron chi connectivity index (χ4n) is 2.13. The van der Waals surface area contributed by atoms with Gasteiger partial charge in [0.05, 0.1) is 6.61 Å². The Labute approximate surface area is 97.9 Å². The van der Waals surface area contributed by atoms with E-state index >= 15 is 0 Å². The molecule has 0 unspecified atom stereocenters. The smallest absolute Gasteiger partial charge is 0.352 e. The van der Waals surface area contributed by atoms with Gasteiger partial charge in [-0.1, -0.05) is 18.2 Å². The number of hydrogen-bond donors (Lipinski definition) is 2. The molecule has 3 rings (SSSR count). The number of fused-ring (bicyclic) bond motifs is 3. The van der Waals surface area contributed by atoms with Crippen molar-refractivity contribution in [2.75, 3.05) is 6.61 Å². The number of carbonyl (C=O) groups is 1. The van der Waals surface area contributed by atoms with E-state index in [1.54, 1.807) is 6.07 Å². The van der Waals surface area contributed by atoms with E-state index in [1.807, 2.05) is 24.3 Å². The van der Waals surface area contributed by atoms with Crippen molar-refractivity contribution in [3.8, 4) is 16.9 Å². The minimum absolute atomic E-state index is 0.228. The standard InChI is InChI=1S/C13H11NO3/c15-13(16)11-7-9-8-3-1-2-4-12(8)17-6-5-10(9)14-11/h1-4,7,14H,5-6H2,(H,15,16). The van der Waals surface area contributed by atoms with Crippen LogP contribution in [0.15, 0.2) is 30.3 Å². The van der Waals surface area contributed by atoms with Gasteiger partial charge in [-0.2, -0.15) is 0 Å². The second-order valence-electron chi connectivity index (χ2n) is 3.98. The Balaban J connectivity index is 2.21. The van der Waals surface area contributed by atoms with E-state index in [9.17, 15) is 4.79 Å². The van der Waals surface area contributed by atoms with Crippen molar-refractivity contribution in [1.29, 1.82) is 0 Å². The summed E-state index contributed by atoms with van der Waals surface area (Å²) in [5, 5.41) is 8.99. The van der Waals surface area contributed by atoms with Crippen LogP contribution in [0.4, 0.5) is 0 Å². The molecule has 0 aliphatic carbocycles. The average Bonchev–Trinajstić information content (AvgIpc) is 2.67. The molecule has 1 aromatic heterocycles. The van der Waals surface area contributed by atoms with Gasteiger partial charge in [0.25, 0.3) is 0 Å². The predicted molar refractivity (Wildman–Crippen MR) is 62.4 cm³/mol. The number of aromatic nitrogens is 1. The number of carboxylic acid groups (broad SMARTS) is 1. The molecule has 0 spiro atoms. The summed E-state index contributed by atoms with van der Waals surface area (Å²) in [6, 6.07) is 9.35. The molecule has 2 N–H and O–H groups in total. The molecular weight excluding hydrogens is 218 g/mol. The predicted octanol–water partition coefficient (Wildman–Crippen LogP) is 2.31. The summed E-state index contributed by atoms with van der Waals surface area (Å²) in [4.78, 5) is 13.9. The molecule has 1 aromatic carbocycles. The molecule has 4 nitrogen and oxygen atoms in total. The van der Waals surface area contributed by atoms with Crippen LogP contribution >= 0.6 is 0 Å². The van der Waals surface area contributed by atoms with Crippen molar-refractivity contribution in [1.82, 2.24) is 4.98 Å². The second-order valence-corrected chi connectivity index (χ2v) is 3.98. The van der Waals surface area contributed by atoms with Gasteiger partial charge in [-0.05, 0) is 12.1 Å². The van der Waals surface area contributed by atoms with Crippen molar-refractivity contribution < 1.29 is 14.6 Å². The largest absolute Gasteiger partial charge is 0.493 e. The summed E-state index contributed by atoms with van der Waals surface area (Å²) in [6.07, 6.45) is 0.692. The Morgan fingerprint density at radius 3 is 2.94 bits per heavy atom. The molecule has 0 atom stereocenters. The SMILES string of the molecule is O=C(O)c1cc2c([nH]1)CCOc1ccccc1-2. The first-order valence-electron chi connectivity index (χ1n) is 5.43. The van der Waals surface area contributed by atoms with Gasteiger partial charge in [0.1, 0.15) is 11.4 Å². The molecule has 1 aliphatic rings. The van der Waals surface area contributed by atoms with E-state index in [1.165, 1.54) is 0 Å². The first kappa shape index (κ1) is 9.96. The van der Waals surface area contributed by atoms with Crippen LogP contribution < -0.4 is 4.74 Å². The number of aromatic amines is 1. The highest BCUT2D eigenvalue weighted by Gasteiger charge is 2.19. The fourth-order valence-corrected chi connectivity index (χ4v) is 2.13. The molecule has 0 fully saturated rings. The van der Waals surface area contributed by atoms with Crippen LogP contribution in [0.25, 0.3) is 11.1 Å². The maximum absolute atomic E-state index is 11.0. The molecule has 0 amide bonds. The van der Waals surface area contributed by atoms with Crippen LogP contribution in [-0.2, 0) is 6.42 Å². The van der Waals surface area contributed by atoms with Crippen LogP contribution in [0.3, 0.4) is 0 Å². The molecule has 2 heterocycles. The summed E-state index contributed by atoms with van der Waals surface area (Å²) in [5.74, 6) is -0.126. The fraction of sp³-hybridized carbons (Fsp3) is 0.154. The number of carboxylic acids is 1. The van der Waals surface area contributed by atoms with Crippen LogP contribution in [0, 0.1) is 0 Å². The molecular formula is C13H11NO3. The summed E-state index contributed by atoms with van der Waals surface area (Å²) in [5.41, 5.74) is 3.03. The van der Waals surface area contributed by atoms with E-state index in [0.29, 0.717) is 13.0 Å². The summed E-state index contributed by atoms with van der Waals surface area (Å²) in [6.45, 7) is 0.559. The number of para-hydroxylation sites is 1. The van der Waals surface area contributed by atoms with Gasteiger partial charge in [-0.3, -0.25) is 0 Å². The number of ether oxygens (including phenoxy) is 1. The lowest BCUT2D eigenvalue weighted by Crippen LogP contribution is -2.01. The minimum atomic E-state index is -0.934. The van der Waals surface area contributed by atoms with Crippen molar-refractivity contribution in [2.24, 2.45) is 0 Å². The van der Waals surface area contributed by atoms with E-state index in [0.717, 1.165) is 22.6 Å². The average molecular weight is 229 g/mol. The van der Waals surface area contributed by atoms with Gasteiger partial charge in [-0.25, -0.2) is 4.79 Å². The summed E-state index contributed by atoms with van der Waals surface area (Å²) < 4.78 is 5.62. The molecule has 86 valence electrons. The zero-order valence-electron chi connectivity index (χ0n) is 9.06. The maximum Gasteiger partial charge on any atom is 0.352 e. The summed E-state index contributed by atoms with van der Waals surface area (Å²) in [7, 11) is 0. The Morgan fingerprint density at radius 1 is 1.29 bits per heavy atom. The quantitative estimate of drug-likeness (QED) is 0.788. The third-order valence-electron chi connectivity index (χ3n) is 2.92. The van der Waals surface area contributed by atoms with Crippen LogP contribution in [0.5, 0.6) is 5.75 Å². The van der Waals surface area contributed by atoms with Crippen molar-refractivity contribution in [3.63, 3.8) is 0 Å². The number of aromatic carboxylic acids is 1. The normalized spacial score (nSPS) is 13.2. The van der Waals surface area contributed by atoms with E-state index in [2.05, 4.69) is 4.98 Å². The lowest BCUT2D eigenvalue weighted by Gasteiger charge is -2.05. The lowest BCUT2D eigenvalue weighted by molar-refractivity contribution is 0.0691. The highest BCUT2D eigenvalue weighted by molar-refractivity contribution is 5.89. The molecule has 0 saturated carbocycles. The van der Waals surface area contributed by atoms with Gasteiger partial charge in [0, 0.05) is 23.2 Å². The Hall–Kier alpha value is -2.23. The minimum Gasteiger partial charge on any atom is -0.493 e. The second kappa shape index (κ2) is 3.66. The van der Waals surface area contributed by atoms with Gasteiger partial charge >= 0.3 is 5.97 Å². The molecule has 0 radical (unpaired) electrons. The molecule has 2 aromatic rings. The Bertz CT molecular complexity index is 586. The number of nitrogens with one attached hydrogen (secondary N) is 1. The molecule has 1 aliphatic heterocycles. The van der Waals surface area contributed by atoms with Crippen molar-refractivity contribution >= 4 is 5.97 Å². The maximum atomic E-state index is 11.0. The van der Waals surface area contributed by atoms with Crippen LogP contribution in [0.2, 0.25) is 0 Å². The van der Waals surface area contributed by atoms with E-state index in [-0.39, 0.29) is 5.69 Å². The zero-order valence-corrected chi connectivity index (χ0v) is 9.06. The highest BCUT2D eigenvalue weighted by Crippen LogP contribution is 2.35. The van der Waals surface area contributed by atoms with Crippen molar-refractivity contribution in [2.45, 2.75) is 6.42 Å². The van der Waals surface area contributed by atoms with Crippen molar-refractivity contribution in [3.05, 3.63) is 41.7 Å². The Morgan fingerprint density at radius 2 is 2.12 bits per heavy atom. The third kappa shape index (κ3) is 1.58. The van der Waals surface area contributed by atoms with Gasteiger partial charge in [0.15, 0.2) is 0 Å². The zero-order chi connectivity index (χ0) is 11.8. The number of rotatable bonds is 1. The van der Waals surface area contributed by atoms with Gasteiger partial charge in [-0.15, -0.1) is 0 Å². The van der Waals surface area contributed by atoms with Gasteiger partial charge in [0.2, 0.25) is 0 Å². The topological polar surface area (TPSA) is 62.3 Å². The lowest BCUT2D eigenvalue weighted by atomic mass is 10.0. The monoisotopic (exact) mass is 229 g/mol. The first-order valence-corrected chi connectivity index (χ1v) is 5.43. The third-order valence-corrected chi connectivity index (χ3v) is 2.92. The Kier molecular flexibility index (Phi) is 2.14. The molecule has 0 bridgehead atoms. The van der Waals surface area contributed by atoms with Crippen LogP contribution in [-0.4, -0.2) is 22.7 Å². The van der Waals surface area contributed by atoms with Gasteiger partial charge < -0.3 is 14.8 Å². The number of H-pyrrole nitrogens is 1. The number of benzene rings is 1. The van der Waals surface area contributed by atoms with Crippen LogP contribution in [0.1, 0.15) is 16.2 Å². The highest BCUT2D eigenvalue weighted by atomic mass is 16.5. The molecule has 17 heavy (non-hydrogen) atoms. The molecule has 4 heteroatoms.